The third-order valence-electron chi connectivity index (χ3n) is 5.09. The maximum atomic E-state index is 12.8. The first-order valence-electron chi connectivity index (χ1n) is 9.94. The molecule has 1 aliphatic rings. The molecule has 174 valence electrons. The number of ether oxygens (including phenoxy) is 3. The Kier molecular flexibility index (Phi) is 6.45. The van der Waals surface area contributed by atoms with Crippen LogP contribution in [0.15, 0.2) is 48.7 Å². The third kappa shape index (κ3) is 5.21. The number of hydrogen-bond acceptors (Lipinski definition) is 7. The summed E-state index contributed by atoms with van der Waals surface area (Å²) in [5, 5.41) is 10.8. The Bertz CT molecular complexity index is 1140. The Labute approximate surface area is 186 Å². The molecular weight excluding hydrogens is 443 g/mol. The van der Waals surface area contributed by atoms with Crippen molar-refractivity contribution in [2.75, 3.05) is 27.0 Å². The number of hydrogen-bond donors (Lipinski definition) is 1. The minimum Gasteiger partial charge on any atom is -0.439 e. The van der Waals surface area contributed by atoms with Crippen LogP contribution in [0.2, 0.25) is 0 Å². The molecule has 11 heteroatoms. The second-order valence-corrected chi connectivity index (χ2v) is 7.43. The number of pyridine rings is 2. The van der Waals surface area contributed by atoms with Gasteiger partial charge >= 0.3 is 6.18 Å². The van der Waals surface area contributed by atoms with Crippen molar-refractivity contribution in [3.63, 3.8) is 0 Å². The summed E-state index contributed by atoms with van der Waals surface area (Å²) >= 11 is 0. The number of halogens is 3. The summed E-state index contributed by atoms with van der Waals surface area (Å²) in [6, 6.07) is 10.1. The molecule has 4 rings (SSSR count). The quantitative estimate of drug-likeness (QED) is 0.561. The van der Waals surface area contributed by atoms with E-state index in [1.165, 1.54) is 12.0 Å². The number of alkyl halides is 3. The Hall–Kier alpha value is -3.28. The molecule has 1 fully saturated rings. The summed E-state index contributed by atoms with van der Waals surface area (Å²) in [6.07, 6.45) is -5.12. The number of aliphatic hydroxyl groups is 1. The first-order chi connectivity index (χ1) is 15.7. The highest BCUT2D eigenvalue weighted by Gasteiger charge is 2.35. The number of rotatable bonds is 6. The van der Waals surface area contributed by atoms with E-state index in [1.807, 2.05) is 0 Å². The Morgan fingerprint density at radius 3 is 2.70 bits per heavy atom. The van der Waals surface area contributed by atoms with Crippen molar-refractivity contribution in [1.29, 1.82) is 0 Å². The van der Waals surface area contributed by atoms with E-state index < -0.39 is 23.9 Å². The van der Waals surface area contributed by atoms with Crippen LogP contribution < -0.4 is 4.74 Å². The fourth-order valence-corrected chi connectivity index (χ4v) is 3.42. The molecule has 1 N–H and O–H groups in total. The van der Waals surface area contributed by atoms with E-state index in [0.717, 1.165) is 12.1 Å². The highest BCUT2D eigenvalue weighted by Crippen LogP contribution is 2.30. The van der Waals surface area contributed by atoms with Gasteiger partial charge in [-0.3, -0.25) is 4.79 Å². The molecule has 0 spiro atoms. The second kappa shape index (κ2) is 9.30. The van der Waals surface area contributed by atoms with Crippen molar-refractivity contribution in [2.24, 2.45) is 0 Å². The molecule has 0 aliphatic carbocycles. The van der Waals surface area contributed by atoms with Crippen molar-refractivity contribution >= 4 is 16.8 Å². The number of fused-ring (bicyclic) bond motifs is 1. The zero-order chi connectivity index (χ0) is 23.6. The molecule has 1 saturated heterocycles. The van der Waals surface area contributed by atoms with Gasteiger partial charge in [-0.15, -0.1) is 0 Å². The summed E-state index contributed by atoms with van der Waals surface area (Å²) < 4.78 is 53.7. The molecule has 0 unspecified atom stereocenters. The topological polar surface area (TPSA) is 94.0 Å². The first kappa shape index (κ1) is 22.9. The summed E-state index contributed by atoms with van der Waals surface area (Å²) in [5.41, 5.74) is -0.127. The van der Waals surface area contributed by atoms with E-state index in [9.17, 15) is 23.1 Å². The average molecular weight is 463 g/mol. The van der Waals surface area contributed by atoms with Gasteiger partial charge in [-0.2, -0.15) is 13.2 Å². The summed E-state index contributed by atoms with van der Waals surface area (Å²) in [4.78, 5) is 22.3. The fourth-order valence-electron chi connectivity index (χ4n) is 3.42. The van der Waals surface area contributed by atoms with Crippen LogP contribution in [0.1, 0.15) is 16.1 Å². The van der Waals surface area contributed by atoms with E-state index in [-0.39, 0.29) is 37.4 Å². The molecule has 3 aromatic rings. The monoisotopic (exact) mass is 463 g/mol. The number of benzene rings is 1. The Morgan fingerprint density at radius 1 is 1.18 bits per heavy atom. The number of carbonyl (C=O) groups is 1. The smallest absolute Gasteiger partial charge is 0.417 e. The van der Waals surface area contributed by atoms with Gasteiger partial charge in [-0.1, -0.05) is 6.07 Å². The number of aliphatic hydroxyl groups excluding tert-OH is 1. The van der Waals surface area contributed by atoms with Crippen LogP contribution in [0.25, 0.3) is 10.9 Å². The van der Waals surface area contributed by atoms with Crippen LogP contribution >= 0.6 is 0 Å². The lowest BCUT2D eigenvalue weighted by molar-refractivity contribution is -0.137. The van der Waals surface area contributed by atoms with Gasteiger partial charge in [0.15, 0.2) is 0 Å². The molecule has 1 aromatic carbocycles. The van der Waals surface area contributed by atoms with Gasteiger partial charge in [-0.05, 0) is 30.3 Å². The van der Waals surface area contributed by atoms with Crippen LogP contribution in [-0.2, 0) is 15.7 Å². The fraction of sp³-hybridized carbons (Fsp3) is 0.318. The van der Waals surface area contributed by atoms with Crippen LogP contribution in [0, 0.1) is 0 Å². The van der Waals surface area contributed by atoms with Crippen LogP contribution in [0.5, 0.6) is 11.6 Å². The molecule has 33 heavy (non-hydrogen) atoms. The molecule has 3 heterocycles. The van der Waals surface area contributed by atoms with Gasteiger partial charge in [0.25, 0.3) is 5.91 Å². The first-order valence-corrected chi connectivity index (χ1v) is 9.94. The molecule has 8 nitrogen and oxygen atoms in total. The van der Waals surface area contributed by atoms with Gasteiger partial charge in [0.1, 0.15) is 24.3 Å². The standard InChI is InChI=1S/C22H20F3N3O5/c1-31-12-32-19-11-28(10-18(19)29)21(30)17-5-2-13-8-15(4-6-16(13)27-17)33-20-7-3-14(9-26-20)22(23,24)25/h2-9,18-19,29H,10-12H2,1H3/t18-,19+/m0/s1. The molecule has 2 atom stereocenters. The number of nitrogens with zero attached hydrogens (tertiary/aromatic N) is 3. The lowest BCUT2D eigenvalue weighted by Crippen LogP contribution is -2.31. The molecule has 2 aromatic heterocycles. The van der Waals surface area contributed by atoms with E-state index >= 15 is 0 Å². The number of aromatic nitrogens is 2. The van der Waals surface area contributed by atoms with E-state index in [4.69, 9.17) is 14.2 Å². The van der Waals surface area contributed by atoms with Crippen LogP contribution in [-0.4, -0.2) is 65.1 Å². The van der Waals surface area contributed by atoms with Crippen molar-refractivity contribution in [3.05, 3.63) is 59.9 Å². The van der Waals surface area contributed by atoms with Crippen molar-refractivity contribution in [1.82, 2.24) is 14.9 Å². The molecular formula is C22H20F3N3O5. The number of carbonyl (C=O) groups excluding carboxylic acids is 1. The number of methoxy groups -OCH3 is 1. The Morgan fingerprint density at radius 2 is 2.00 bits per heavy atom. The van der Waals surface area contributed by atoms with Gasteiger partial charge in [0.2, 0.25) is 5.88 Å². The number of β-amino-alcohol motifs (C(OH)–C–C–N with tert-alkyl or cyclic N) is 1. The van der Waals surface area contributed by atoms with Crippen molar-refractivity contribution in [3.8, 4) is 11.6 Å². The number of likely N-dealkylation sites (tertiary alicyclic amines) is 1. The Balaban J connectivity index is 1.46. The second-order valence-electron chi connectivity index (χ2n) is 7.43. The molecule has 0 saturated carbocycles. The highest BCUT2D eigenvalue weighted by molar-refractivity contribution is 5.95. The van der Waals surface area contributed by atoms with E-state index in [0.29, 0.717) is 22.8 Å². The van der Waals surface area contributed by atoms with Crippen molar-refractivity contribution in [2.45, 2.75) is 18.4 Å². The predicted octanol–water partition coefficient (Wildman–Crippen LogP) is 3.25. The van der Waals surface area contributed by atoms with Gasteiger partial charge in [-0.25, -0.2) is 9.97 Å². The summed E-state index contributed by atoms with van der Waals surface area (Å²) in [6.45, 7) is 0.361. The van der Waals surface area contributed by atoms with E-state index in [1.54, 1.807) is 30.3 Å². The normalized spacial score (nSPS) is 18.6. The highest BCUT2D eigenvalue weighted by atomic mass is 19.4. The maximum Gasteiger partial charge on any atom is 0.417 e. The molecule has 0 radical (unpaired) electrons. The zero-order valence-corrected chi connectivity index (χ0v) is 17.5. The minimum atomic E-state index is -4.47. The molecule has 0 bridgehead atoms. The van der Waals surface area contributed by atoms with Crippen LogP contribution in [0.4, 0.5) is 13.2 Å². The lowest BCUT2D eigenvalue weighted by atomic mass is 10.2. The van der Waals surface area contributed by atoms with Gasteiger partial charge in [0, 0.05) is 31.3 Å². The minimum absolute atomic E-state index is 0.0138. The maximum absolute atomic E-state index is 12.8. The van der Waals surface area contributed by atoms with Crippen molar-refractivity contribution < 1.29 is 37.3 Å². The summed E-state index contributed by atoms with van der Waals surface area (Å²) in [7, 11) is 1.47. The predicted molar refractivity (Wildman–Crippen MR) is 110 cm³/mol. The van der Waals surface area contributed by atoms with E-state index in [2.05, 4.69) is 9.97 Å². The summed E-state index contributed by atoms with van der Waals surface area (Å²) in [5.74, 6) is 0.0325. The molecule has 1 amide bonds. The SMILES string of the molecule is COCO[C@@H]1CN(C(=O)c2ccc3cc(Oc4ccc(C(F)(F)F)cn4)ccc3n2)C[C@@H]1O. The largest absolute Gasteiger partial charge is 0.439 e. The number of amides is 1. The van der Waals surface area contributed by atoms with Gasteiger partial charge < -0.3 is 24.2 Å². The zero-order valence-electron chi connectivity index (χ0n) is 17.5. The third-order valence-corrected chi connectivity index (χ3v) is 5.09. The van der Waals surface area contributed by atoms with Gasteiger partial charge in [0.05, 0.1) is 23.7 Å². The van der Waals surface area contributed by atoms with Crippen LogP contribution in [0.3, 0.4) is 0 Å². The average Bonchev–Trinajstić information content (AvgIpc) is 3.17. The molecule has 1 aliphatic heterocycles. The lowest BCUT2D eigenvalue weighted by Gasteiger charge is -2.16.